The summed E-state index contributed by atoms with van der Waals surface area (Å²) in [6, 6.07) is 0. The molecule has 52 heavy (non-hydrogen) atoms. The van der Waals surface area contributed by atoms with Crippen molar-refractivity contribution in [3.05, 3.63) is 48.6 Å². The molecule has 0 radical (unpaired) electrons. The first kappa shape index (κ1) is 47.7. The minimum Gasteiger partial charge on any atom is -0.462 e. The zero-order valence-electron chi connectivity index (χ0n) is 32.0. The molecule has 0 bridgehead atoms. The maximum absolute atomic E-state index is 12.5. The third-order valence-electron chi connectivity index (χ3n) is 9.07. The van der Waals surface area contributed by atoms with Crippen molar-refractivity contribution in [3.63, 3.8) is 0 Å². The van der Waals surface area contributed by atoms with Gasteiger partial charge in [0.15, 0.2) is 11.9 Å². The van der Waals surface area contributed by atoms with Crippen molar-refractivity contribution in [2.75, 3.05) is 13.2 Å². The van der Waals surface area contributed by atoms with Crippen molar-refractivity contribution in [3.8, 4) is 0 Å². The molecule has 0 saturated carbocycles. The third kappa shape index (κ3) is 27.3. The number of aliphatic hydroxyl groups excluding tert-OH is 1. The molecule has 10 nitrogen and oxygen atoms in total. The van der Waals surface area contributed by atoms with E-state index in [1.807, 2.05) is 24.3 Å². The molecule has 0 spiro atoms. The van der Waals surface area contributed by atoms with Crippen LogP contribution in [0.2, 0.25) is 0 Å². The summed E-state index contributed by atoms with van der Waals surface area (Å²) < 4.78 is 26.3. The lowest BCUT2D eigenvalue weighted by atomic mass is 9.90. The van der Waals surface area contributed by atoms with Crippen molar-refractivity contribution in [1.82, 2.24) is 0 Å². The SMILES string of the molecule is CCCCCC/C=C\CCCCCCCCCC(=O)OC[C@H](COP(=O)(O)O)OC(=O)CCC/C=C\C[C@H]1C=CC(=O)[C@@H]1/C=C/[C@@H](O)CCCCC. The summed E-state index contributed by atoms with van der Waals surface area (Å²) in [6.07, 6.45) is 34.6. The van der Waals surface area contributed by atoms with Gasteiger partial charge in [0.2, 0.25) is 0 Å². The number of carbonyl (C=O) groups is 3. The highest BCUT2D eigenvalue weighted by Gasteiger charge is 2.27. The highest BCUT2D eigenvalue weighted by molar-refractivity contribution is 7.46. The topological polar surface area (TPSA) is 157 Å². The monoisotopic (exact) mass is 752 g/mol. The van der Waals surface area contributed by atoms with Gasteiger partial charge in [0.25, 0.3) is 0 Å². The molecule has 0 aromatic rings. The molecule has 1 aliphatic rings. The standard InChI is InChI=1S/C41H69O10P/c1-3-5-7-8-9-10-11-12-13-14-15-16-17-18-23-27-40(44)49-33-37(34-50-52(46,47)48)51-41(45)28-24-20-19-22-25-35-29-32-39(43)38(35)31-30-36(42)26-21-6-4-2/h10-11,19,22,29-32,35-38,42H,3-9,12-18,20-21,23-28,33-34H2,1-2H3,(H2,46,47,48)/b11-10-,22-19-,31-30+/t35-,36-,37+,38+/m0/s1. The Morgan fingerprint density at radius 3 is 2.02 bits per heavy atom. The molecule has 298 valence electrons. The van der Waals surface area contributed by atoms with E-state index in [1.54, 1.807) is 12.2 Å². The molecular weight excluding hydrogens is 683 g/mol. The predicted molar refractivity (Wildman–Crippen MR) is 206 cm³/mol. The lowest BCUT2D eigenvalue weighted by Crippen LogP contribution is -2.29. The Kier molecular flexibility index (Phi) is 28.4. The van der Waals surface area contributed by atoms with Gasteiger partial charge in [-0.3, -0.25) is 18.9 Å². The van der Waals surface area contributed by atoms with E-state index in [2.05, 4.69) is 30.5 Å². The first-order chi connectivity index (χ1) is 25.1. The molecule has 4 atom stereocenters. The van der Waals surface area contributed by atoms with Crippen molar-refractivity contribution in [2.45, 2.75) is 167 Å². The molecule has 3 N–H and O–H groups in total. The summed E-state index contributed by atoms with van der Waals surface area (Å²) in [6.45, 7) is 3.39. The molecule has 0 aromatic heterocycles. The fraction of sp³-hybridized carbons (Fsp3) is 0.732. The van der Waals surface area contributed by atoms with Crippen LogP contribution < -0.4 is 0 Å². The van der Waals surface area contributed by atoms with Gasteiger partial charge in [-0.1, -0.05) is 127 Å². The molecule has 0 aromatic carbocycles. The van der Waals surface area contributed by atoms with Gasteiger partial charge in [0, 0.05) is 18.8 Å². The van der Waals surface area contributed by atoms with E-state index in [0.29, 0.717) is 32.1 Å². The third-order valence-corrected chi connectivity index (χ3v) is 9.55. The first-order valence-corrected chi connectivity index (χ1v) is 21.5. The van der Waals surface area contributed by atoms with Crippen LogP contribution >= 0.6 is 7.82 Å². The fourth-order valence-corrected chi connectivity index (χ4v) is 6.31. The molecule has 0 aliphatic heterocycles. The molecule has 0 unspecified atom stereocenters. The Bertz CT molecular complexity index is 1120. The van der Waals surface area contributed by atoms with Gasteiger partial charge in [-0.25, -0.2) is 4.57 Å². The zero-order chi connectivity index (χ0) is 38.3. The fourth-order valence-electron chi connectivity index (χ4n) is 5.95. The van der Waals surface area contributed by atoms with E-state index in [4.69, 9.17) is 19.3 Å². The number of hydrogen-bond donors (Lipinski definition) is 3. The summed E-state index contributed by atoms with van der Waals surface area (Å²) in [5.41, 5.74) is 0. The summed E-state index contributed by atoms with van der Waals surface area (Å²) in [5.74, 6) is -1.28. The van der Waals surface area contributed by atoms with Gasteiger partial charge in [-0.2, -0.15) is 0 Å². The van der Waals surface area contributed by atoms with Crippen molar-refractivity contribution < 1.29 is 47.8 Å². The largest absolute Gasteiger partial charge is 0.469 e. The van der Waals surface area contributed by atoms with Gasteiger partial charge in [0.1, 0.15) is 6.61 Å². The van der Waals surface area contributed by atoms with E-state index in [-0.39, 0.29) is 37.1 Å². The maximum atomic E-state index is 12.5. The Morgan fingerprint density at radius 1 is 0.769 bits per heavy atom. The summed E-state index contributed by atoms with van der Waals surface area (Å²) in [4.78, 5) is 55.3. The number of ether oxygens (including phenoxy) is 2. The number of phosphoric acid groups is 1. The van der Waals surface area contributed by atoms with Crippen LogP contribution in [0.5, 0.6) is 0 Å². The van der Waals surface area contributed by atoms with Crippen molar-refractivity contribution in [2.24, 2.45) is 11.8 Å². The minimum atomic E-state index is -4.81. The van der Waals surface area contributed by atoms with Crippen LogP contribution in [0.4, 0.5) is 0 Å². The molecule has 11 heteroatoms. The number of phosphoric ester groups is 1. The van der Waals surface area contributed by atoms with Gasteiger partial charge in [-0.15, -0.1) is 0 Å². The van der Waals surface area contributed by atoms with Crippen LogP contribution in [-0.4, -0.2) is 58.0 Å². The second-order valence-electron chi connectivity index (χ2n) is 13.9. The van der Waals surface area contributed by atoms with E-state index in [9.17, 15) is 24.1 Å². The average molecular weight is 753 g/mol. The molecule has 0 fully saturated rings. The van der Waals surface area contributed by atoms with E-state index < -0.39 is 38.6 Å². The Hall–Kier alpha value is -2.36. The molecule has 0 amide bonds. The van der Waals surface area contributed by atoms with Crippen LogP contribution in [-0.2, 0) is 32.9 Å². The smallest absolute Gasteiger partial charge is 0.462 e. The number of aliphatic hydroxyl groups is 1. The van der Waals surface area contributed by atoms with E-state index in [0.717, 1.165) is 44.9 Å². The number of ketones is 1. The summed E-state index contributed by atoms with van der Waals surface area (Å²) in [7, 11) is -4.81. The van der Waals surface area contributed by atoms with Gasteiger partial charge in [0.05, 0.1) is 12.7 Å². The minimum absolute atomic E-state index is 0.0163. The van der Waals surface area contributed by atoms with Crippen LogP contribution in [0.1, 0.15) is 155 Å². The lowest BCUT2D eigenvalue weighted by Gasteiger charge is -2.18. The molecule has 1 rings (SSSR count). The number of esters is 2. The average Bonchev–Trinajstić information content (AvgIpc) is 3.46. The number of hydrogen-bond acceptors (Lipinski definition) is 8. The normalized spacial score (nSPS) is 17.5. The van der Waals surface area contributed by atoms with Gasteiger partial charge < -0.3 is 24.4 Å². The number of rotatable bonds is 33. The zero-order valence-corrected chi connectivity index (χ0v) is 32.9. The van der Waals surface area contributed by atoms with Crippen LogP contribution in [0.3, 0.4) is 0 Å². The Balaban J connectivity index is 2.28. The van der Waals surface area contributed by atoms with Crippen molar-refractivity contribution in [1.29, 1.82) is 0 Å². The highest BCUT2D eigenvalue weighted by atomic mass is 31.2. The second kappa shape index (κ2) is 31.0. The molecule has 0 saturated heterocycles. The van der Waals surface area contributed by atoms with E-state index in [1.165, 1.54) is 51.4 Å². The summed E-state index contributed by atoms with van der Waals surface area (Å²) in [5, 5.41) is 10.2. The number of unbranched alkanes of at least 4 members (excludes halogenated alkanes) is 14. The quantitative estimate of drug-likeness (QED) is 0.0255. The molecule has 1 aliphatic carbocycles. The maximum Gasteiger partial charge on any atom is 0.469 e. The molecule has 0 heterocycles. The second-order valence-corrected chi connectivity index (χ2v) is 15.2. The number of allylic oxidation sites excluding steroid dienone is 7. The predicted octanol–water partition coefficient (Wildman–Crippen LogP) is 9.57. The van der Waals surface area contributed by atoms with Crippen LogP contribution in [0, 0.1) is 11.8 Å². The number of carbonyl (C=O) groups excluding carboxylic acids is 3. The van der Waals surface area contributed by atoms with Gasteiger partial charge >= 0.3 is 19.8 Å². The van der Waals surface area contributed by atoms with E-state index >= 15 is 0 Å². The highest BCUT2D eigenvalue weighted by Crippen LogP contribution is 2.36. The lowest BCUT2D eigenvalue weighted by molar-refractivity contribution is -0.161. The van der Waals surface area contributed by atoms with Crippen LogP contribution in [0.15, 0.2) is 48.6 Å². The first-order valence-electron chi connectivity index (χ1n) is 20.0. The van der Waals surface area contributed by atoms with Gasteiger partial charge in [-0.05, 0) is 69.8 Å². The Labute approximate surface area is 313 Å². The van der Waals surface area contributed by atoms with Crippen LogP contribution in [0.25, 0.3) is 0 Å². The Morgan fingerprint density at radius 2 is 1.35 bits per heavy atom. The summed E-state index contributed by atoms with van der Waals surface area (Å²) >= 11 is 0. The molecular formula is C41H69O10P. The van der Waals surface area contributed by atoms with Crippen molar-refractivity contribution >= 4 is 25.5 Å².